The molecule has 150 valence electrons. The molecule has 0 aliphatic carbocycles. The van der Waals surface area contributed by atoms with Gasteiger partial charge in [0.2, 0.25) is 11.0 Å². The minimum absolute atomic E-state index is 0.168. The van der Waals surface area contributed by atoms with Crippen molar-refractivity contribution in [2.75, 3.05) is 23.0 Å². The second-order valence-corrected chi connectivity index (χ2v) is 8.27. The Morgan fingerprint density at radius 2 is 1.93 bits per heavy atom. The molecule has 10 heteroatoms. The molecule has 2 aromatic carbocycles. The van der Waals surface area contributed by atoms with Crippen LogP contribution in [0.3, 0.4) is 0 Å². The summed E-state index contributed by atoms with van der Waals surface area (Å²) >= 11 is 8.33. The molecule has 3 aromatic rings. The standard InChI is InChI=1S/C19H17ClN4O3S2/c1-2-27-15-8-6-14(7-9-15)21-16(25)11-28-19-24-23-18(29-19)22-17(26)12-4-3-5-13(20)10-12/h3-10H,2,11H2,1H3,(H,21,25)(H,22,23,26). The number of carbonyl (C=O) groups excluding carboxylic acids is 2. The fourth-order valence-corrected chi connectivity index (χ4v) is 3.98. The van der Waals surface area contributed by atoms with Crippen LogP contribution in [0.15, 0.2) is 52.9 Å². The minimum Gasteiger partial charge on any atom is -0.494 e. The summed E-state index contributed by atoms with van der Waals surface area (Å²) in [5.41, 5.74) is 1.11. The molecule has 3 rings (SSSR count). The predicted molar refractivity (Wildman–Crippen MR) is 116 cm³/mol. The van der Waals surface area contributed by atoms with Gasteiger partial charge in [0.15, 0.2) is 4.34 Å². The molecule has 7 nitrogen and oxygen atoms in total. The Balaban J connectivity index is 1.48. The quantitative estimate of drug-likeness (QED) is 0.387. The van der Waals surface area contributed by atoms with Crippen molar-refractivity contribution in [3.8, 4) is 5.75 Å². The number of benzene rings is 2. The molecule has 0 saturated carbocycles. The van der Waals surface area contributed by atoms with E-state index in [1.807, 2.05) is 6.92 Å². The summed E-state index contributed by atoms with van der Waals surface area (Å²) in [5.74, 6) is 0.428. The highest BCUT2D eigenvalue weighted by Gasteiger charge is 2.12. The second kappa shape index (κ2) is 10.2. The van der Waals surface area contributed by atoms with Gasteiger partial charge in [0.05, 0.1) is 12.4 Å². The largest absolute Gasteiger partial charge is 0.494 e. The smallest absolute Gasteiger partial charge is 0.257 e. The minimum atomic E-state index is -0.326. The third-order valence-corrected chi connectivity index (χ3v) is 5.70. The van der Waals surface area contributed by atoms with Gasteiger partial charge in [0.1, 0.15) is 5.75 Å². The van der Waals surface area contributed by atoms with E-state index >= 15 is 0 Å². The average Bonchev–Trinajstić information content (AvgIpc) is 3.15. The van der Waals surface area contributed by atoms with Crippen molar-refractivity contribution in [3.05, 3.63) is 59.1 Å². The second-order valence-electron chi connectivity index (χ2n) is 5.63. The fourth-order valence-electron chi connectivity index (χ4n) is 2.24. The summed E-state index contributed by atoms with van der Waals surface area (Å²) in [6.07, 6.45) is 0. The number of rotatable bonds is 8. The first-order valence-corrected chi connectivity index (χ1v) is 10.8. The number of carbonyl (C=O) groups is 2. The molecule has 0 aliphatic heterocycles. The molecule has 0 saturated heterocycles. The monoisotopic (exact) mass is 448 g/mol. The maximum Gasteiger partial charge on any atom is 0.257 e. The molecule has 1 heterocycles. The lowest BCUT2D eigenvalue weighted by molar-refractivity contribution is -0.113. The van der Waals surface area contributed by atoms with E-state index in [1.165, 1.54) is 23.1 Å². The number of amides is 2. The number of nitrogens with zero attached hydrogens (tertiary/aromatic N) is 2. The molecule has 0 bridgehead atoms. The molecule has 29 heavy (non-hydrogen) atoms. The van der Waals surface area contributed by atoms with E-state index in [2.05, 4.69) is 20.8 Å². The van der Waals surface area contributed by atoms with Crippen molar-refractivity contribution in [2.24, 2.45) is 0 Å². The Hall–Kier alpha value is -2.62. The van der Waals surface area contributed by atoms with Crippen molar-refractivity contribution in [2.45, 2.75) is 11.3 Å². The van der Waals surface area contributed by atoms with Crippen LogP contribution < -0.4 is 15.4 Å². The fraction of sp³-hybridized carbons (Fsp3) is 0.158. The van der Waals surface area contributed by atoms with Crippen LogP contribution in [0.4, 0.5) is 10.8 Å². The van der Waals surface area contributed by atoms with Gasteiger partial charge in [-0.05, 0) is 49.4 Å². The molecule has 0 fully saturated rings. The average molecular weight is 449 g/mol. The van der Waals surface area contributed by atoms with Gasteiger partial charge in [0, 0.05) is 16.3 Å². The zero-order chi connectivity index (χ0) is 20.6. The summed E-state index contributed by atoms with van der Waals surface area (Å²) in [5, 5.41) is 14.2. The number of hydrogen-bond donors (Lipinski definition) is 2. The Kier molecular flexibility index (Phi) is 7.45. The van der Waals surface area contributed by atoms with Gasteiger partial charge >= 0.3 is 0 Å². The van der Waals surface area contributed by atoms with Crippen LogP contribution in [0.5, 0.6) is 5.75 Å². The van der Waals surface area contributed by atoms with Gasteiger partial charge in [-0.2, -0.15) is 0 Å². The Morgan fingerprint density at radius 3 is 2.66 bits per heavy atom. The van der Waals surface area contributed by atoms with E-state index in [1.54, 1.807) is 48.5 Å². The number of anilines is 2. The van der Waals surface area contributed by atoms with Gasteiger partial charge in [-0.15, -0.1) is 10.2 Å². The summed E-state index contributed by atoms with van der Waals surface area (Å²) in [4.78, 5) is 24.3. The van der Waals surface area contributed by atoms with Crippen LogP contribution in [0.25, 0.3) is 0 Å². The van der Waals surface area contributed by atoms with Gasteiger partial charge in [0.25, 0.3) is 5.91 Å². The molecule has 0 unspecified atom stereocenters. The maximum absolute atomic E-state index is 12.2. The van der Waals surface area contributed by atoms with Gasteiger partial charge in [-0.3, -0.25) is 14.9 Å². The van der Waals surface area contributed by atoms with Gasteiger partial charge < -0.3 is 10.1 Å². The highest BCUT2D eigenvalue weighted by Crippen LogP contribution is 2.26. The SMILES string of the molecule is CCOc1ccc(NC(=O)CSc2nnc(NC(=O)c3cccc(Cl)c3)s2)cc1. The number of halogens is 1. The normalized spacial score (nSPS) is 10.4. The number of aromatic nitrogens is 2. The van der Waals surface area contributed by atoms with Crippen molar-refractivity contribution < 1.29 is 14.3 Å². The molecular formula is C19H17ClN4O3S2. The molecular weight excluding hydrogens is 432 g/mol. The Labute approximate surface area is 180 Å². The van der Waals surface area contributed by atoms with Gasteiger partial charge in [-0.25, -0.2) is 0 Å². The van der Waals surface area contributed by atoms with Crippen molar-refractivity contribution >= 4 is 57.3 Å². The van der Waals surface area contributed by atoms with Crippen molar-refractivity contribution in [1.82, 2.24) is 10.2 Å². The van der Waals surface area contributed by atoms with Crippen LogP contribution in [0.2, 0.25) is 5.02 Å². The molecule has 0 spiro atoms. The van der Waals surface area contributed by atoms with Crippen molar-refractivity contribution in [1.29, 1.82) is 0 Å². The Morgan fingerprint density at radius 1 is 1.14 bits per heavy atom. The molecule has 1 aromatic heterocycles. The maximum atomic E-state index is 12.2. The van der Waals surface area contributed by atoms with E-state index < -0.39 is 0 Å². The van der Waals surface area contributed by atoms with E-state index in [0.29, 0.717) is 32.4 Å². The van der Waals surface area contributed by atoms with E-state index in [0.717, 1.165) is 5.75 Å². The number of thioether (sulfide) groups is 1. The van der Waals surface area contributed by atoms with E-state index in [9.17, 15) is 9.59 Å². The number of nitrogens with one attached hydrogen (secondary N) is 2. The van der Waals surface area contributed by atoms with Gasteiger partial charge in [-0.1, -0.05) is 40.8 Å². The lowest BCUT2D eigenvalue weighted by atomic mass is 10.2. The lowest BCUT2D eigenvalue weighted by Gasteiger charge is -2.06. The van der Waals surface area contributed by atoms with Crippen LogP contribution >= 0.6 is 34.7 Å². The number of ether oxygens (including phenoxy) is 1. The predicted octanol–water partition coefficient (Wildman–Crippen LogP) is 4.57. The first kappa shape index (κ1) is 21.1. The van der Waals surface area contributed by atoms with Crippen LogP contribution in [0.1, 0.15) is 17.3 Å². The lowest BCUT2D eigenvalue weighted by Crippen LogP contribution is -2.13. The summed E-state index contributed by atoms with van der Waals surface area (Å²) < 4.78 is 5.94. The van der Waals surface area contributed by atoms with Crippen LogP contribution in [-0.4, -0.2) is 34.4 Å². The molecule has 2 N–H and O–H groups in total. The van der Waals surface area contributed by atoms with Crippen molar-refractivity contribution in [3.63, 3.8) is 0 Å². The topological polar surface area (TPSA) is 93.2 Å². The van der Waals surface area contributed by atoms with Crippen LogP contribution in [-0.2, 0) is 4.79 Å². The molecule has 2 amide bonds. The zero-order valence-corrected chi connectivity index (χ0v) is 17.7. The molecule has 0 aliphatic rings. The summed E-state index contributed by atoms with van der Waals surface area (Å²) in [6.45, 7) is 2.50. The highest BCUT2D eigenvalue weighted by atomic mass is 35.5. The highest BCUT2D eigenvalue weighted by molar-refractivity contribution is 8.01. The Bertz CT molecular complexity index is 995. The molecule has 0 radical (unpaired) electrons. The van der Waals surface area contributed by atoms with Crippen LogP contribution in [0, 0.1) is 0 Å². The van der Waals surface area contributed by atoms with E-state index in [4.69, 9.17) is 16.3 Å². The zero-order valence-electron chi connectivity index (χ0n) is 15.3. The number of hydrogen-bond acceptors (Lipinski definition) is 7. The third-order valence-electron chi connectivity index (χ3n) is 3.49. The molecule has 0 atom stereocenters. The van der Waals surface area contributed by atoms with E-state index in [-0.39, 0.29) is 17.6 Å². The first-order chi connectivity index (χ1) is 14.0. The summed E-state index contributed by atoms with van der Waals surface area (Å²) in [6, 6.07) is 13.8. The third kappa shape index (κ3) is 6.45. The first-order valence-electron chi connectivity index (χ1n) is 8.59. The summed E-state index contributed by atoms with van der Waals surface area (Å²) in [7, 11) is 0.